The molecule has 0 unspecified atom stereocenters. The van der Waals surface area contributed by atoms with E-state index < -0.39 is 12.6 Å². The first-order valence-corrected chi connectivity index (χ1v) is 12.0. The van der Waals surface area contributed by atoms with Gasteiger partial charge in [-0.05, 0) is 13.0 Å². The molecule has 0 aromatic rings. The summed E-state index contributed by atoms with van der Waals surface area (Å²) in [5.41, 5.74) is 0. The number of nitrogens with zero attached hydrogens (tertiary/aromatic N) is 1. The Morgan fingerprint density at radius 1 is 0.533 bits per heavy atom. The van der Waals surface area contributed by atoms with Gasteiger partial charge in [-0.3, -0.25) is 4.90 Å². The topological polar surface area (TPSA) is 119 Å². The van der Waals surface area contributed by atoms with Crippen LogP contribution in [-0.4, -0.2) is 57.5 Å². The van der Waals surface area contributed by atoms with E-state index in [1.54, 1.807) is 0 Å². The summed E-state index contributed by atoms with van der Waals surface area (Å²) in [6, 6.07) is 0. The van der Waals surface area contributed by atoms with Gasteiger partial charge in [0.25, 0.3) is 0 Å². The normalized spacial score (nSPS) is 11.2. The maximum absolute atomic E-state index is 9.11. The lowest BCUT2D eigenvalue weighted by molar-refractivity contribution is -0.0754. The van der Waals surface area contributed by atoms with Crippen LogP contribution < -0.4 is 6.15 Å². The van der Waals surface area contributed by atoms with Crippen molar-refractivity contribution in [1.82, 2.24) is 11.1 Å². The molecule has 0 atom stereocenters. The summed E-state index contributed by atoms with van der Waals surface area (Å²) < 4.78 is 0. The molecule has 0 aliphatic carbocycles. The van der Waals surface area contributed by atoms with Crippen LogP contribution in [0.2, 0.25) is 0 Å². The van der Waals surface area contributed by atoms with Crippen LogP contribution in [0.3, 0.4) is 0 Å². The van der Waals surface area contributed by atoms with Crippen LogP contribution in [0.4, 0.5) is 0 Å². The molecule has 0 saturated heterocycles. The van der Waals surface area contributed by atoms with Gasteiger partial charge in [-0.1, -0.05) is 103 Å². The molecular formula is C23H53ClN2O4. The highest BCUT2D eigenvalue weighted by molar-refractivity contribution is 5.85. The zero-order chi connectivity index (χ0) is 20.9. The second kappa shape index (κ2) is 27.1. The Morgan fingerprint density at radius 3 is 1.23 bits per heavy atom. The van der Waals surface area contributed by atoms with E-state index in [9.17, 15) is 0 Å². The molecule has 186 valence electrons. The number of hydrogen-bond donors (Lipinski definition) is 5. The number of hydrogen-bond acceptors (Lipinski definition) is 6. The van der Waals surface area contributed by atoms with E-state index in [1.165, 1.54) is 89.9 Å². The van der Waals surface area contributed by atoms with Crippen molar-refractivity contribution < 1.29 is 20.4 Å². The molecular weight excluding hydrogens is 404 g/mol. The molecule has 0 saturated carbocycles. The Hall–Kier alpha value is 0.0500. The van der Waals surface area contributed by atoms with Crippen molar-refractivity contribution >= 4 is 12.4 Å². The van der Waals surface area contributed by atoms with Gasteiger partial charge in [-0.15, -0.1) is 12.4 Å². The van der Waals surface area contributed by atoms with Crippen molar-refractivity contribution in [2.75, 3.05) is 19.6 Å². The molecule has 0 fully saturated rings. The molecule has 0 rings (SSSR count). The maximum atomic E-state index is 9.11. The van der Waals surface area contributed by atoms with Crippen LogP contribution in [0.1, 0.15) is 116 Å². The molecule has 0 aliphatic heterocycles. The minimum absolute atomic E-state index is 0. The molecule has 0 aromatic heterocycles. The van der Waals surface area contributed by atoms with E-state index in [4.69, 9.17) is 20.4 Å². The van der Waals surface area contributed by atoms with Crippen molar-refractivity contribution in [3.8, 4) is 0 Å². The summed E-state index contributed by atoms with van der Waals surface area (Å²) in [4.78, 5) is 1.90. The lowest BCUT2D eigenvalue weighted by Gasteiger charge is -2.23. The highest BCUT2D eigenvalue weighted by atomic mass is 35.5. The number of rotatable bonds is 22. The Balaban J connectivity index is -0.00000364. The molecule has 0 radical (unpaired) electrons. The smallest absolute Gasteiger partial charge is 0.164 e. The lowest BCUT2D eigenvalue weighted by Crippen LogP contribution is -2.35. The Morgan fingerprint density at radius 2 is 0.900 bits per heavy atom. The monoisotopic (exact) mass is 456 g/mol. The van der Waals surface area contributed by atoms with E-state index in [1.807, 2.05) is 4.90 Å². The van der Waals surface area contributed by atoms with Gasteiger partial charge in [-0.25, -0.2) is 0 Å². The first kappa shape index (κ1) is 34.7. The predicted molar refractivity (Wildman–Crippen MR) is 129 cm³/mol. The molecule has 0 bridgehead atoms. The average molecular weight is 457 g/mol. The van der Waals surface area contributed by atoms with E-state index in [0.717, 1.165) is 19.4 Å². The minimum Gasteiger partial charge on any atom is -0.368 e. The summed E-state index contributed by atoms with van der Waals surface area (Å²) in [5, 5.41) is 36.1. The first-order chi connectivity index (χ1) is 13.6. The fraction of sp³-hybridized carbons (Fsp3) is 1.00. The van der Waals surface area contributed by atoms with E-state index in [-0.39, 0.29) is 31.5 Å². The second-order valence-corrected chi connectivity index (χ2v) is 8.35. The third-order valence-corrected chi connectivity index (χ3v) is 5.45. The number of halogens is 1. The van der Waals surface area contributed by atoms with Crippen molar-refractivity contribution in [2.24, 2.45) is 0 Å². The quantitative estimate of drug-likeness (QED) is 0.113. The first-order valence-electron chi connectivity index (χ1n) is 12.0. The largest absolute Gasteiger partial charge is 0.368 e. The van der Waals surface area contributed by atoms with E-state index in [0.29, 0.717) is 6.54 Å². The lowest BCUT2D eigenvalue weighted by atomic mass is 10.0. The summed E-state index contributed by atoms with van der Waals surface area (Å²) >= 11 is 0. The molecule has 7 heteroatoms. The van der Waals surface area contributed by atoms with Crippen LogP contribution >= 0.6 is 12.4 Å². The Labute approximate surface area is 192 Å². The van der Waals surface area contributed by atoms with Crippen LogP contribution in [-0.2, 0) is 0 Å². The van der Waals surface area contributed by atoms with Gasteiger partial charge in [0.15, 0.2) is 12.6 Å². The average Bonchev–Trinajstić information content (AvgIpc) is 2.65. The van der Waals surface area contributed by atoms with Crippen LogP contribution in [0.25, 0.3) is 0 Å². The van der Waals surface area contributed by atoms with Crippen molar-refractivity contribution in [1.29, 1.82) is 0 Å². The molecule has 30 heavy (non-hydrogen) atoms. The van der Waals surface area contributed by atoms with Gasteiger partial charge in [0.05, 0.1) is 0 Å². The van der Waals surface area contributed by atoms with Crippen LogP contribution in [0, 0.1) is 0 Å². The van der Waals surface area contributed by atoms with Crippen molar-refractivity contribution in [3.63, 3.8) is 0 Å². The number of aliphatic hydroxyl groups is 4. The van der Waals surface area contributed by atoms with Gasteiger partial charge < -0.3 is 26.6 Å². The SMILES string of the molecule is CCCCCCCCCCCCCCCCCCN(CCC(O)O)CC(O)O.Cl.N. The zero-order valence-electron chi connectivity index (χ0n) is 19.6. The van der Waals surface area contributed by atoms with E-state index >= 15 is 0 Å². The fourth-order valence-electron chi connectivity index (χ4n) is 3.71. The van der Waals surface area contributed by atoms with Gasteiger partial charge in [0, 0.05) is 19.5 Å². The highest BCUT2D eigenvalue weighted by Gasteiger charge is 2.10. The molecule has 0 heterocycles. The molecule has 7 N–H and O–H groups in total. The highest BCUT2D eigenvalue weighted by Crippen LogP contribution is 2.14. The fourth-order valence-corrected chi connectivity index (χ4v) is 3.71. The van der Waals surface area contributed by atoms with Crippen molar-refractivity contribution in [2.45, 2.75) is 129 Å². The number of unbranched alkanes of at least 4 members (excludes halogenated alkanes) is 15. The van der Waals surface area contributed by atoms with Crippen LogP contribution in [0.5, 0.6) is 0 Å². The van der Waals surface area contributed by atoms with Gasteiger partial charge >= 0.3 is 0 Å². The van der Waals surface area contributed by atoms with Gasteiger partial charge in [0.1, 0.15) is 0 Å². The van der Waals surface area contributed by atoms with E-state index in [2.05, 4.69) is 6.92 Å². The molecule has 0 aromatic carbocycles. The molecule has 0 aliphatic rings. The number of aliphatic hydroxyl groups excluding tert-OH is 2. The minimum atomic E-state index is -1.36. The Bertz CT molecular complexity index is 311. The second-order valence-electron chi connectivity index (χ2n) is 8.35. The standard InChI is InChI=1S/C23H49NO4.ClH.H3N/c1-2-3-4-5-6-7-8-9-10-11-12-13-14-15-16-17-19-24(21-23(27)28)20-18-22(25)26;;/h22-23,25-28H,2-21H2,1H3;1H;1H3. The van der Waals surface area contributed by atoms with Crippen molar-refractivity contribution in [3.05, 3.63) is 0 Å². The summed E-state index contributed by atoms with van der Waals surface area (Å²) in [6.07, 6.45) is 18.9. The predicted octanol–water partition coefficient (Wildman–Crippen LogP) is 5.15. The summed E-state index contributed by atoms with van der Waals surface area (Å²) in [6.45, 7) is 3.70. The Kier molecular flexibility index (Phi) is 31.3. The maximum Gasteiger partial charge on any atom is 0.164 e. The summed E-state index contributed by atoms with van der Waals surface area (Å²) in [7, 11) is 0. The third kappa shape index (κ3) is 28.1. The van der Waals surface area contributed by atoms with Gasteiger partial charge in [0.2, 0.25) is 0 Å². The summed E-state index contributed by atoms with van der Waals surface area (Å²) in [5.74, 6) is 0. The van der Waals surface area contributed by atoms with Crippen LogP contribution in [0.15, 0.2) is 0 Å². The molecule has 0 spiro atoms. The zero-order valence-corrected chi connectivity index (χ0v) is 20.5. The molecule has 0 amide bonds. The van der Waals surface area contributed by atoms with Gasteiger partial charge in [-0.2, -0.15) is 0 Å². The molecule has 6 nitrogen and oxygen atoms in total. The third-order valence-electron chi connectivity index (χ3n) is 5.45.